The maximum Gasteiger partial charge on any atom is 0.325 e. The van der Waals surface area contributed by atoms with Gasteiger partial charge in [0.05, 0.1) is 11.3 Å². The fraction of sp³-hybridized carbons (Fsp3) is 0.333. The smallest absolute Gasteiger partial charge is 0.291 e. The third-order valence-corrected chi connectivity index (χ3v) is 6.38. The Morgan fingerprint density at radius 2 is 1.84 bits per heavy atom. The molecule has 0 saturated heterocycles. The molecule has 4 rings (SSSR count). The van der Waals surface area contributed by atoms with E-state index < -0.39 is 6.17 Å². The SMILES string of the molecule is CCCCCCSc1n[n+]2c(c(=O)[nH]1)-c1ccccc1N(C(C)=O)[C@@H]2c1ccccc1. The third kappa shape index (κ3) is 4.28. The van der Waals surface area contributed by atoms with Crippen LogP contribution in [0.3, 0.4) is 0 Å². The summed E-state index contributed by atoms with van der Waals surface area (Å²) in [4.78, 5) is 30.7. The second kappa shape index (κ2) is 9.47. The van der Waals surface area contributed by atoms with Gasteiger partial charge >= 0.3 is 11.3 Å². The van der Waals surface area contributed by atoms with Crippen LogP contribution in [0.5, 0.6) is 0 Å². The van der Waals surface area contributed by atoms with Gasteiger partial charge in [0.2, 0.25) is 11.1 Å². The minimum absolute atomic E-state index is 0.102. The van der Waals surface area contributed by atoms with Gasteiger partial charge in [0, 0.05) is 23.3 Å². The van der Waals surface area contributed by atoms with E-state index in [0.29, 0.717) is 16.4 Å². The lowest BCUT2D eigenvalue weighted by Gasteiger charge is -2.31. The topological polar surface area (TPSA) is 69.9 Å². The van der Waals surface area contributed by atoms with Gasteiger partial charge in [-0.05, 0) is 23.2 Å². The number of amides is 1. The number of H-pyrrole nitrogens is 1. The molecule has 0 bridgehead atoms. The van der Waals surface area contributed by atoms with Crippen LogP contribution >= 0.6 is 11.8 Å². The van der Waals surface area contributed by atoms with Crippen molar-refractivity contribution in [1.82, 2.24) is 10.1 Å². The molecule has 1 N–H and O–H groups in total. The fourth-order valence-electron chi connectivity index (χ4n) is 4.00. The molecule has 3 aromatic rings. The summed E-state index contributed by atoms with van der Waals surface area (Å²) in [5.74, 6) is 0.793. The Labute approximate surface area is 186 Å². The number of nitrogens with zero attached hydrogens (tertiary/aromatic N) is 3. The molecule has 6 nitrogen and oxygen atoms in total. The van der Waals surface area contributed by atoms with Gasteiger partial charge in [-0.25, -0.2) is 4.90 Å². The van der Waals surface area contributed by atoms with E-state index in [1.54, 1.807) is 28.3 Å². The van der Waals surface area contributed by atoms with Crippen LogP contribution in [0.25, 0.3) is 11.3 Å². The lowest BCUT2D eigenvalue weighted by molar-refractivity contribution is -0.763. The summed E-state index contributed by atoms with van der Waals surface area (Å²) in [6.45, 7) is 3.74. The first-order valence-corrected chi connectivity index (χ1v) is 11.7. The molecule has 31 heavy (non-hydrogen) atoms. The van der Waals surface area contributed by atoms with Crippen LogP contribution in [-0.2, 0) is 4.79 Å². The van der Waals surface area contributed by atoms with Gasteiger partial charge in [0.25, 0.3) is 6.17 Å². The Balaban J connectivity index is 1.83. The first kappa shape index (κ1) is 21.3. The van der Waals surface area contributed by atoms with E-state index in [0.717, 1.165) is 23.4 Å². The highest BCUT2D eigenvalue weighted by Gasteiger charge is 2.44. The van der Waals surface area contributed by atoms with E-state index >= 15 is 0 Å². The summed E-state index contributed by atoms with van der Waals surface area (Å²) in [7, 11) is 0. The maximum absolute atomic E-state index is 13.2. The number of nitrogens with one attached hydrogen (secondary N) is 1. The molecular weight excluding hydrogens is 408 g/mol. The van der Waals surface area contributed by atoms with Crippen LogP contribution in [0.4, 0.5) is 5.69 Å². The summed E-state index contributed by atoms with van der Waals surface area (Å²) in [5.41, 5.74) is 2.60. The second-order valence-electron chi connectivity index (χ2n) is 7.65. The monoisotopic (exact) mass is 435 g/mol. The van der Waals surface area contributed by atoms with Crippen molar-refractivity contribution in [2.24, 2.45) is 0 Å². The highest BCUT2D eigenvalue weighted by molar-refractivity contribution is 7.99. The Bertz CT molecular complexity index is 1130. The van der Waals surface area contributed by atoms with Crippen LogP contribution in [0.2, 0.25) is 0 Å². The lowest BCUT2D eigenvalue weighted by atomic mass is 10.0. The molecule has 0 radical (unpaired) electrons. The van der Waals surface area contributed by atoms with Crippen LogP contribution < -0.4 is 15.1 Å². The summed E-state index contributed by atoms with van der Waals surface area (Å²) >= 11 is 1.56. The molecule has 1 amide bonds. The number of para-hydroxylation sites is 1. The number of thioether (sulfide) groups is 1. The normalized spacial score (nSPS) is 14.8. The van der Waals surface area contributed by atoms with Crippen molar-refractivity contribution in [1.29, 1.82) is 0 Å². The number of carbonyl (C=O) groups excluding carboxylic acids is 1. The molecule has 1 aromatic heterocycles. The highest BCUT2D eigenvalue weighted by atomic mass is 32.2. The molecule has 7 heteroatoms. The van der Waals surface area contributed by atoms with Crippen molar-refractivity contribution in [2.45, 2.75) is 50.9 Å². The minimum Gasteiger partial charge on any atom is -0.291 e. The Kier molecular flexibility index (Phi) is 6.51. The zero-order valence-electron chi connectivity index (χ0n) is 17.9. The molecule has 0 fully saturated rings. The number of carbonyl (C=O) groups is 1. The lowest BCUT2D eigenvalue weighted by Crippen LogP contribution is -2.60. The van der Waals surface area contributed by atoms with Crippen LogP contribution in [-0.4, -0.2) is 21.7 Å². The third-order valence-electron chi connectivity index (χ3n) is 5.43. The number of fused-ring (bicyclic) bond motifs is 3. The summed E-state index contributed by atoms with van der Waals surface area (Å²) in [6, 6.07) is 17.2. The number of aromatic nitrogens is 3. The molecule has 1 aliphatic heterocycles. The molecule has 0 spiro atoms. The molecule has 2 aromatic carbocycles. The zero-order chi connectivity index (χ0) is 21.8. The van der Waals surface area contributed by atoms with Gasteiger partial charge in [-0.15, -0.1) is 0 Å². The van der Waals surface area contributed by atoms with Crippen LogP contribution in [0, 0.1) is 0 Å². The van der Waals surface area contributed by atoms with E-state index in [1.807, 2.05) is 54.6 Å². The Hall–Kier alpha value is -2.93. The number of aromatic amines is 1. The molecule has 2 heterocycles. The Morgan fingerprint density at radius 3 is 2.58 bits per heavy atom. The van der Waals surface area contributed by atoms with Crippen molar-refractivity contribution >= 4 is 23.4 Å². The predicted octanol–water partition coefficient (Wildman–Crippen LogP) is 4.31. The van der Waals surface area contributed by atoms with Crippen LogP contribution in [0.15, 0.2) is 64.5 Å². The number of unbranched alkanes of at least 4 members (excludes halogenated alkanes) is 3. The highest BCUT2D eigenvalue weighted by Crippen LogP contribution is 2.37. The van der Waals surface area contributed by atoms with Crippen molar-refractivity contribution < 1.29 is 9.48 Å². The number of benzene rings is 2. The number of hydrogen-bond acceptors (Lipinski definition) is 4. The number of hydrogen-bond donors (Lipinski definition) is 1. The molecule has 1 atom stereocenters. The number of rotatable bonds is 7. The minimum atomic E-state index is -0.523. The van der Waals surface area contributed by atoms with Crippen molar-refractivity contribution in [2.75, 3.05) is 10.7 Å². The first-order valence-electron chi connectivity index (χ1n) is 10.7. The van der Waals surface area contributed by atoms with Gasteiger partial charge < -0.3 is 0 Å². The largest absolute Gasteiger partial charge is 0.325 e. The molecule has 160 valence electrons. The molecular formula is C24H27N4O2S+. The van der Waals surface area contributed by atoms with Crippen molar-refractivity contribution in [3.63, 3.8) is 0 Å². The fourth-order valence-corrected chi connectivity index (χ4v) is 4.85. The van der Waals surface area contributed by atoms with Gasteiger partial charge in [0.1, 0.15) is 0 Å². The summed E-state index contributed by atoms with van der Waals surface area (Å²) < 4.78 is 1.71. The van der Waals surface area contributed by atoms with Gasteiger partial charge in [-0.2, -0.15) is 0 Å². The van der Waals surface area contributed by atoms with E-state index in [1.165, 1.54) is 19.3 Å². The van der Waals surface area contributed by atoms with Gasteiger partial charge in [-0.3, -0.25) is 14.6 Å². The number of anilines is 1. The van der Waals surface area contributed by atoms with E-state index in [4.69, 9.17) is 5.10 Å². The second-order valence-corrected chi connectivity index (χ2v) is 8.74. The molecule has 0 saturated carbocycles. The Morgan fingerprint density at radius 1 is 1.10 bits per heavy atom. The summed E-state index contributed by atoms with van der Waals surface area (Å²) in [5, 5.41) is 5.39. The van der Waals surface area contributed by atoms with E-state index in [-0.39, 0.29) is 11.5 Å². The molecule has 1 aliphatic rings. The molecule has 0 aliphatic carbocycles. The summed E-state index contributed by atoms with van der Waals surface area (Å²) in [6.07, 6.45) is 4.13. The zero-order valence-corrected chi connectivity index (χ0v) is 18.7. The van der Waals surface area contributed by atoms with E-state index in [2.05, 4.69) is 11.9 Å². The first-order chi connectivity index (χ1) is 15.1. The van der Waals surface area contributed by atoms with Gasteiger partial charge in [0.15, 0.2) is 0 Å². The average molecular weight is 436 g/mol. The van der Waals surface area contributed by atoms with Gasteiger partial charge in [-0.1, -0.05) is 80.4 Å². The van der Waals surface area contributed by atoms with E-state index in [9.17, 15) is 9.59 Å². The van der Waals surface area contributed by atoms with Crippen molar-refractivity contribution in [3.8, 4) is 11.3 Å². The standard InChI is InChI=1S/C24H26N4O2S/c1-3-4-5-11-16-31-24-25-22(30)21-19-14-9-10-15-20(19)27(17(2)29)23(28(21)26-24)18-12-7-6-8-13-18/h6-10,12-15,23H,3-5,11,16H2,1-2H3/p+1/t23-/m0/s1. The molecule has 0 unspecified atom stereocenters. The van der Waals surface area contributed by atoms with Crippen molar-refractivity contribution in [3.05, 3.63) is 70.5 Å². The quantitative estimate of drug-likeness (QED) is 0.341. The maximum atomic E-state index is 13.2. The predicted molar refractivity (Wildman–Crippen MR) is 123 cm³/mol. The van der Waals surface area contributed by atoms with Crippen LogP contribution in [0.1, 0.15) is 51.3 Å². The average Bonchev–Trinajstić information content (AvgIpc) is 2.78.